The van der Waals surface area contributed by atoms with E-state index in [0.717, 1.165) is 13.1 Å². The van der Waals surface area contributed by atoms with Crippen molar-refractivity contribution in [2.45, 2.75) is 26.4 Å². The molecule has 1 N–H and O–H groups in total. The number of rotatable bonds is 3. The lowest BCUT2D eigenvalue weighted by molar-refractivity contribution is -0.389. The molecule has 20 heavy (non-hydrogen) atoms. The average Bonchev–Trinajstić information content (AvgIpc) is 2.71. The first-order valence-electron chi connectivity index (χ1n) is 6.17. The average molecular weight is 304 g/mol. The van der Waals surface area contributed by atoms with Crippen LogP contribution in [0.3, 0.4) is 0 Å². The van der Waals surface area contributed by atoms with Crippen molar-refractivity contribution in [3.05, 3.63) is 22.1 Å². The normalized spacial score (nSPS) is 18.5. The van der Waals surface area contributed by atoms with E-state index in [-0.39, 0.29) is 36.7 Å². The quantitative estimate of drug-likeness (QED) is 0.642. The second kappa shape index (κ2) is 6.67. The van der Waals surface area contributed by atoms with Gasteiger partial charge in [0.15, 0.2) is 0 Å². The van der Waals surface area contributed by atoms with Crippen LogP contribution in [0.5, 0.6) is 0 Å². The summed E-state index contributed by atoms with van der Waals surface area (Å²) in [5.74, 6) is 0.214. The molecular weight excluding hydrogens is 286 g/mol. The standard InChI is InChI=1S/C11H17N5O3.ClH/c1-8-5-12-3-4-15(8)11(17)7-14-6-10(16(18)19)13-9(14)2;/h6,8,12H,3-5,7H2,1-2H3;1H. The van der Waals surface area contributed by atoms with E-state index in [1.807, 2.05) is 6.92 Å². The van der Waals surface area contributed by atoms with Gasteiger partial charge in [0.05, 0.1) is 0 Å². The van der Waals surface area contributed by atoms with Crippen molar-refractivity contribution in [2.24, 2.45) is 0 Å². The SMILES string of the molecule is Cc1nc([N+](=O)[O-])cn1CC(=O)N1CCNCC1C.Cl. The maximum absolute atomic E-state index is 12.2. The third-order valence-electron chi connectivity index (χ3n) is 3.28. The zero-order valence-corrected chi connectivity index (χ0v) is 12.2. The van der Waals surface area contributed by atoms with Crippen molar-refractivity contribution in [1.29, 1.82) is 0 Å². The Balaban J connectivity index is 0.00000200. The van der Waals surface area contributed by atoms with Gasteiger partial charge in [-0.15, -0.1) is 12.4 Å². The number of nitro groups is 1. The van der Waals surface area contributed by atoms with Gasteiger partial charge in [-0.1, -0.05) is 0 Å². The Bertz CT molecular complexity index is 504. The van der Waals surface area contributed by atoms with Crippen molar-refractivity contribution in [3.8, 4) is 0 Å². The fraction of sp³-hybridized carbons (Fsp3) is 0.636. The van der Waals surface area contributed by atoms with E-state index in [1.54, 1.807) is 11.8 Å². The van der Waals surface area contributed by atoms with Crippen LogP contribution in [0.4, 0.5) is 5.82 Å². The molecule has 0 saturated carbocycles. The fourth-order valence-corrected chi connectivity index (χ4v) is 2.19. The van der Waals surface area contributed by atoms with Crippen molar-refractivity contribution >= 4 is 24.1 Å². The molecule has 1 aromatic heterocycles. The van der Waals surface area contributed by atoms with Gasteiger partial charge in [0.25, 0.3) is 0 Å². The molecule has 2 heterocycles. The van der Waals surface area contributed by atoms with E-state index in [4.69, 9.17) is 0 Å². The number of piperazine rings is 1. The van der Waals surface area contributed by atoms with E-state index < -0.39 is 4.92 Å². The lowest BCUT2D eigenvalue weighted by Crippen LogP contribution is -2.53. The monoisotopic (exact) mass is 303 g/mol. The van der Waals surface area contributed by atoms with Crippen LogP contribution in [-0.4, -0.2) is 51.0 Å². The van der Waals surface area contributed by atoms with Crippen molar-refractivity contribution in [3.63, 3.8) is 0 Å². The Labute approximate surface area is 122 Å². The van der Waals surface area contributed by atoms with Gasteiger partial charge in [-0.25, -0.2) is 0 Å². The number of carbonyl (C=O) groups excluding carboxylic acids is 1. The van der Waals surface area contributed by atoms with Gasteiger partial charge in [0.1, 0.15) is 12.7 Å². The van der Waals surface area contributed by atoms with E-state index in [2.05, 4.69) is 10.3 Å². The second-order valence-corrected chi connectivity index (χ2v) is 4.67. The van der Waals surface area contributed by atoms with Crippen LogP contribution in [0.2, 0.25) is 0 Å². The smallest absolute Gasteiger partial charge is 0.358 e. The van der Waals surface area contributed by atoms with E-state index in [0.29, 0.717) is 12.4 Å². The fourth-order valence-electron chi connectivity index (χ4n) is 2.19. The topological polar surface area (TPSA) is 93.3 Å². The molecule has 1 aliphatic rings. The molecule has 9 heteroatoms. The summed E-state index contributed by atoms with van der Waals surface area (Å²) in [4.78, 5) is 27.9. The maximum atomic E-state index is 12.2. The van der Waals surface area contributed by atoms with Gasteiger partial charge in [0.2, 0.25) is 11.7 Å². The summed E-state index contributed by atoms with van der Waals surface area (Å²) in [6.45, 7) is 5.94. The van der Waals surface area contributed by atoms with Crippen LogP contribution >= 0.6 is 12.4 Å². The number of hydrogen-bond acceptors (Lipinski definition) is 5. The third kappa shape index (κ3) is 3.45. The molecule has 1 fully saturated rings. The Morgan fingerprint density at radius 3 is 2.90 bits per heavy atom. The Kier molecular flexibility index (Phi) is 5.46. The van der Waals surface area contributed by atoms with Gasteiger partial charge in [-0.2, -0.15) is 0 Å². The minimum atomic E-state index is -0.554. The highest BCUT2D eigenvalue weighted by Gasteiger charge is 2.24. The molecule has 8 nitrogen and oxygen atoms in total. The number of nitrogens with zero attached hydrogens (tertiary/aromatic N) is 4. The summed E-state index contributed by atoms with van der Waals surface area (Å²) in [5, 5.41) is 13.8. The first-order valence-corrected chi connectivity index (χ1v) is 6.17. The predicted octanol–water partition coefficient (Wildman–Crippen LogP) is 0.342. The number of imidazole rings is 1. The molecule has 1 atom stereocenters. The highest BCUT2D eigenvalue weighted by molar-refractivity contribution is 5.85. The second-order valence-electron chi connectivity index (χ2n) is 4.67. The maximum Gasteiger partial charge on any atom is 0.381 e. The third-order valence-corrected chi connectivity index (χ3v) is 3.28. The largest absolute Gasteiger partial charge is 0.381 e. The van der Waals surface area contributed by atoms with Crippen LogP contribution < -0.4 is 5.32 Å². The summed E-state index contributed by atoms with van der Waals surface area (Å²) in [7, 11) is 0. The highest BCUT2D eigenvalue weighted by Crippen LogP contribution is 2.11. The summed E-state index contributed by atoms with van der Waals surface area (Å²) in [5.41, 5.74) is 0. The van der Waals surface area contributed by atoms with Crippen LogP contribution in [0.15, 0.2) is 6.20 Å². The summed E-state index contributed by atoms with van der Waals surface area (Å²) in [6, 6.07) is 0.139. The Morgan fingerprint density at radius 2 is 2.35 bits per heavy atom. The molecule has 1 aromatic rings. The molecule has 112 valence electrons. The summed E-state index contributed by atoms with van der Waals surface area (Å²) >= 11 is 0. The first kappa shape index (κ1) is 16.4. The molecule has 0 spiro atoms. The van der Waals surface area contributed by atoms with E-state index in [9.17, 15) is 14.9 Å². The predicted molar refractivity (Wildman–Crippen MR) is 74.9 cm³/mol. The number of halogens is 1. The van der Waals surface area contributed by atoms with Crippen LogP contribution in [0.1, 0.15) is 12.7 Å². The van der Waals surface area contributed by atoms with E-state index >= 15 is 0 Å². The molecule has 0 aromatic carbocycles. The van der Waals surface area contributed by atoms with Crippen molar-refractivity contribution in [1.82, 2.24) is 19.8 Å². The van der Waals surface area contributed by atoms with Gasteiger partial charge in [-0.3, -0.25) is 9.36 Å². The lowest BCUT2D eigenvalue weighted by Gasteiger charge is -2.34. The Hall–Kier alpha value is -1.67. The number of nitrogens with one attached hydrogen (secondary N) is 1. The molecule has 0 aliphatic carbocycles. The molecule has 0 radical (unpaired) electrons. The minimum absolute atomic E-state index is 0. The van der Waals surface area contributed by atoms with Crippen LogP contribution in [0, 0.1) is 17.0 Å². The highest BCUT2D eigenvalue weighted by atomic mass is 35.5. The molecule has 1 amide bonds. The van der Waals surface area contributed by atoms with E-state index in [1.165, 1.54) is 10.8 Å². The van der Waals surface area contributed by atoms with Crippen LogP contribution in [0.25, 0.3) is 0 Å². The minimum Gasteiger partial charge on any atom is -0.358 e. The number of hydrogen-bond donors (Lipinski definition) is 1. The Morgan fingerprint density at radius 1 is 1.65 bits per heavy atom. The lowest BCUT2D eigenvalue weighted by atomic mass is 10.2. The van der Waals surface area contributed by atoms with Gasteiger partial charge in [0, 0.05) is 32.6 Å². The molecular formula is C11H18ClN5O3. The number of aromatic nitrogens is 2. The number of aryl methyl sites for hydroxylation is 1. The first-order chi connectivity index (χ1) is 8.99. The summed E-state index contributed by atoms with van der Waals surface area (Å²) < 4.78 is 1.52. The molecule has 0 bridgehead atoms. The van der Waals surface area contributed by atoms with Crippen molar-refractivity contribution in [2.75, 3.05) is 19.6 Å². The summed E-state index contributed by atoms with van der Waals surface area (Å²) in [6.07, 6.45) is 1.31. The van der Waals surface area contributed by atoms with Crippen LogP contribution in [-0.2, 0) is 11.3 Å². The molecule has 2 rings (SSSR count). The van der Waals surface area contributed by atoms with Gasteiger partial charge >= 0.3 is 5.82 Å². The molecule has 1 aliphatic heterocycles. The number of amides is 1. The molecule has 1 unspecified atom stereocenters. The number of carbonyl (C=O) groups is 1. The van der Waals surface area contributed by atoms with Gasteiger partial charge in [-0.05, 0) is 16.8 Å². The zero-order chi connectivity index (χ0) is 14.0. The van der Waals surface area contributed by atoms with Crippen molar-refractivity contribution < 1.29 is 9.72 Å². The van der Waals surface area contributed by atoms with Gasteiger partial charge < -0.3 is 20.3 Å². The molecule has 1 saturated heterocycles. The zero-order valence-electron chi connectivity index (χ0n) is 11.4.